The summed E-state index contributed by atoms with van der Waals surface area (Å²) in [6.07, 6.45) is -0.345. The first-order chi connectivity index (χ1) is 7.74. The third-order valence-corrected chi connectivity index (χ3v) is 2.85. The van der Waals surface area contributed by atoms with Crippen LogP contribution >= 0.6 is 11.6 Å². The zero-order valence-corrected chi connectivity index (χ0v) is 9.68. The standard InChI is InChI=1S/C11H13ClFNO2/c1-15-8-3-2-7(12)11(13)10(8)9-6-14-4-5-16-9/h2-3,9,14H,4-6H2,1H3. The Hall–Kier alpha value is -0.840. The Morgan fingerprint density at radius 1 is 1.56 bits per heavy atom. The van der Waals surface area contributed by atoms with Crippen molar-refractivity contribution in [1.29, 1.82) is 0 Å². The van der Waals surface area contributed by atoms with E-state index in [1.165, 1.54) is 13.2 Å². The van der Waals surface area contributed by atoms with Crippen molar-refractivity contribution in [3.8, 4) is 5.75 Å². The molecule has 1 saturated heterocycles. The molecule has 1 aromatic rings. The highest BCUT2D eigenvalue weighted by atomic mass is 35.5. The van der Waals surface area contributed by atoms with Crippen LogP contribution in [0.2, 0.25) is 5.02 Å². The van der Waals surface area contributed by atoms with Crippen LogP contribution in [0.4, 0.5) is 4.39 Å². The maximum absolute atomic E-state index is 13.9. The average Bonchev–Trinajstić information content (AvgIpc) is 2.33. The first-order valence-corrected chi connectivity index (χ1v) is 5.46. The van der Waals surface area contributed by atoms with Gasteiger partial charge in [0.15, 0.2) is 5.82 Å². The number of methoxy groups -OCH3 is 1. The number of rotatable bonds is 2. The predicted octanol–water partition coefficient (Wildman–Crippen LogP) is 2.15. The summed E-state index contributed by atoms with van der Waals surface area (Å²) in [6.45, 7) is 1.90. The topological polar surface area (TPSA) is 30.5 Å². The maximum atomic E-state index is 13.9. The van der Waals surface area contributed by atoms with Crippen molar-refractivity contribution < 1.29 is 13.9 Å². The molecule has 3 nitrogen and oxygen atoms in total. The number of benzene rings is 1. The summed E-state index contributed by atoms with van der Waals surface area (Å²) in [5.74, 6) is 0.00492. The molecule has 0 bridgehead atoms. The molecule has 1 unspecified atom stereocenters. The Morgan fingerprint density at radius 3 is 3.00 bits per heavy atom. The number of morpholine rings is 1. The van der Waals surface area contributed by atoms with Crippen LogP contribution in [0.1, 0.15) is 11.7 Å². The van der Waals surface area contributed by atoms with E-state index in [-0.39, 0.29) is 11.1 Å². The molecule has 2 rings (SSSR count). The highest BCUT2D eigenvalue weighted by Gasteiger charge is 2.24. The Kier molecular flexibility index (Phi) is 3.63. The lowest BCUT2D eigenvalue weighted by atomic mass is 10.1. The van der Waals surface area contributed by atoms with Gasteiger partial charge in [0.05, 0.1) is 24.3 Å². The van der Waals surface area contributed by atoms with E-state index in [0.717, 1.165) is 6.54 Å². The molecule has 1 aromatic carbocycles. The monoisotopic (exact) mass is 245 g/mol. The fourth-order valence-corrected chi connectivity index (χ4v) is 1.94. The lowest BCUT2D eigenvalue weighted by Crippen LogP contribution is -2.34. The smallest absolute Gasteiger partial charge is 0.151 e. The van der Waals surface area contributed by atoms with Crippen molar-refractivity contribution in [2.24, 2.45) is 0 Å². The van der Waals surface area contributed by atoms with Crippen LogP contribution in [0.3, 0.4) is 0 Å². The molecule has 1 heterocycles. The van der Waals surface area contributed by atoms with Gasteiger partial charge >= 0.3 is 0 Å². The molecule has 1 aliphatic rings. The molecule has 1 atom stereocenters. The van der Waals surface area contributed by atoms with E-state index in [0.29, 0.717) is 24.5 Å². The Balaban J connectivity index is 2.39. The van der Waals surface area contributed by atoms with Crippen molar-refractivity contribution in [3.05, 3.63) is 28.5 Å². The quantitative estimate of drug-likeness (QED) is 0.866. The van der Waals surface area contributed by atoms with E-state index >= 15 is 0 Å². The molecular weight excluding hydrogens is 233 g/mol. The van der Waals surface area contributed by atoms with Crippen LogP contribution in [0.15, 0.2) is 12.1 Å². The van der Waals surface area contributed by atoms with E-state index in [2.05, 4.69) is 5.32 Å². The molecule has 0 saturated carbocycles. The zero-order chi connectivity index (χ0) is 11.5. The third kappa shape index (κ3) is 2.14. The fourth-order valence-electron chi connectivity index (χ4n) is 1.78. The average molecular weight is 246 g/mol. The minimum atomic E-state index is -0.463. The molecule has 1 N–H and O–H groups in total. The van der Waals surface area contributed by atoms with E-state index in [1.807, 2.05) is 0 Å². The largest absolute Gasteiger partial charge is 0.496 e. The van der Waals surface area contributed by atoms with Crippen LogP contribution in [0, 0.1) is 5.82 Å². The minimum Gasteiger partial charge on any atom is -0.496 e. The van der Waals surface area contributed by atoms with Crippen LogP contribution in [0.5, 0.6) is 5.75 Å². The van der Waals surface area contributed by atoms with Gasteiger partial charge in [-0.1, -0.05) is 11.6 Å². The van der Waals surface area contributed by atoms with E-state index in [9.17, 15) is 4.39 Å². The van der Waals surface area contributed by atoms with Crippen molar-refractivity contribution >= 4 is 11.6 Å². The Morgan fingerprint density at radius 2 is 2.38 bits per heavy atom. The van der Waals surface area contributed by atoms with Crippen molar-refractivity contribution in [2.75, 3.05) is 26.8 Å². The summed E-state index contributed by atoms with van der Waals surface area (Å²) in [5, 5.41) is 3.23. The van der Waals surface area contributed by atoms with Crippen LogP contribution in [-0.2, 0) is 4.74 Å². The number of halogens is 2. The molecule has 1 fully saturated rings. The van der Waals surface area contributed by atoms with Crippen LogP contribution < -0.4 is 10.1 Å². The van der Waals surface area contributed by atoms with Gasteiger partial charge in [0.25, 0.3) is 0 Å². The highest BCUT2D eigenvalue weighted by molar-refractivity contribution is 6.30. The molecular formula is C11H13ClFNO2. The van der Waals surface area contributed by atoms with Gasteiger partial charge in [-0.2, -0.15) is 0 Å². The molecule has 0 amide bonds. The molecule has 0 aliphatic carbocycles. The Bertz CT molecular complexity index is 380. The molecule has 5 heteroatoms. The third-order valence-electron chi connectivity index (χ3n) is 2.56. The number of hydrogen-bond donors (Lipinski definition) is 1. The first-order valence-electron chi connectivity index (χ1n) is 5.08. The number of nitrogens with one attached hydrogen (secondary N) is 1. The molecule has 0 radical (unpaired) electrons. The van der Waals surface area contributed by atoms with Gasteiger partial charge in [-0.25, -0.2) is 4.39 Å². The van der Waals surface area contributed by atoms with Gasteiger partial charge in [0.2, 0.25) is 0 Å². The minimum absolute atomic E-state index is 0.0879. The SMILES string of the molecule is COc1ccc(Cl)c(F)c1C1CNCCO1. The van der Waals surface area contributed by atoms with Gasteiger partial charge in [-0.15, -0.1) is 0 Å². The number of ether oxygens (including phenoxy) is 2. The summed E-state index contributed by atoms with van der Waals surface area (Å²) in [5.41, 5.74) is 0.391. The van der Waals surface area contributed by atoms with Crippen LogP contribution in [-0.4, -0.2) is 26.8 Å². The van der Waals surface area contributed by atoms with E-state index < -0.39 is 5.82 Å². The first kappa shape index (κ1) is 11.6. The zero-order valence-electron chi connectivity index (χ0n) is 8.93. The molecule has 0 aromatic heterocycles. The summed E-state index contributed by atoms with van der Waals surface area (Å²) in [4.78, 5) is 0. The lowest BCUT2D eigenvalue weighted by Gasteiger charge is -2.25. The van der Waals surface area contributed by atoms with Gasteiger partial charge in [0.1, 0.15) is 11.9 Å². The maximum Gasteiger partial charge on any atom is 0.151 e. The summed E-state index contributed by atoms with van der Waals surface area (Å²) >= 11 is 5.76. The molecule has 0 spiro atoms. The summed E-state index contributed by atoms with van der Waals surface area (Å²) in [6, 6.07) is 3.13. The van der Waals surface area contributed by atoms with Gasteiger partial charge in [-0.3, -0.25) is 0 Å². The summed E-state index contributed by atoms with van der Waals surface area (Å²) < 4.78 is 24.5. The second-order valence-corrected chi connectivity index (χ2v) is 3.95. The normalized spacial score (nSPS) is 20.8. The number of hydrogen-bond acceptors (Lipinski definition) is 3. The van der Waals surface area contributed by atoms with Crippen molar-refractivity contribution in [2.45, 2.75) is 6.10 Å². The van der Waals surface area contributed by atoms with Crippen LogP contribution in [0.25, 0.3) is 0 Å². The van der Waals surface area contributed by atoms with Crippen molar-refractivity contribution in [1.82, 2.24) is 5.32 Å². The van der Waals surface area contributed by atoms with Gasteiger partial charge < -0.3 is 14.8 Å². The molecule has 16 heavy (non-hydrogen) atoms. The fraction of sp³-hybridized carbons (Fsp3) is 0.455. The predicted molar refractivity (Wildman–Crippen MR) is 59.5 cm³/mol. The Labute approximate surface area is 98.5 Å². The van der Waals surface area contributed by atoms with E-state index in [4.69, 9.17) is 21.1 Å². The van der Waals surface area contributed by atoms with E-state index in [1.54, 1.807) is 6.07 Å². The van der Waals surface area contributed by atoms with Gasteiger partial charge in [-0.05, 0) is 12.1 Å². The lowest BCUT2D eigenvalue weighted by molar-refractivity contribution is 0.0240. The highest BCUT2D eigenvalue weighted by Crippen LogP contribution is 2.34. The van der Waals surface area contributed by atoms with Gasteiger partial charge in [0, 0.05) is 13.1 Å². The second-order valence-electron chi connectivity index (χ2n) is 3.54. The van der Waals surface area contributed by atoms with Crippen molar-refractivity contribution in [3.63, 3.8) is 0 Å². The second kappa shape index (κ2) is 4.99. The summed E-state index contributed by atoms with van der Waals surface area (Å²) in [7, 11) is 1.50. The molecule has 88 valence electrons. The molecule has 1 aliphatic heterocycles.